The maximum Gasteiger partial charge on any atom is 0.161 e. The lowest BCUT2D eigenvalue weighted by Crippen LogP contribution is -2.02. The molecule has 2 aromatic rings. The van der Waals surface area contributed by atoms with Gasteiger partial charge in [0.15, 0.2) is 23.0 Å². The molecule has 0 unspecified atom stereocenters. The Labute approximate surface area is 154 Å². The van der Waals surface area contributed by atoms with Crippen molar-refractivity contribution in [2.24, 2.45) is 0 Å². The van der Waals surface area contributed by atoms with E-state index in [2.05, 4.69) is 6.07 Å². The third-order valence-electron chi connectivity index (χ3n) is 4.20. The average Bonchev–Trinajstić information content (AvgIpc) is 2.66. The maximum absolute atomic E-state index is 5.96. The third kappa shape index (κ3) is 4.73. The van der Waals surface area contributed by atoms with E-state index in [-0.39, 0.29) is 0 Å². The van der Waals surface area contributed by atoms with Crippen LogP contribution in [0.4, 0.5) is 0 Å². The van der Waals surface area contributed by atoms with Crippen LogP contribution in [-0.4, -0.2) is 34.3 Å². The Morgan fingerprint density at radius 2 is 1.16 bits per heavy atom. The smallest absolute Gasteiger partial charge is 0.161 e. The summed E-state index contributed by atoms with van der Waals surface area (Å²) in [5, 5.41) is 0. The largest absolute Gasteiger partial charge is 0.493 e. The molecule has 0 N–H and O–H groups in total. The van der Waals surface area contributed by atoms with Gasteiger partial charge in [0.05, 0.1) is 28.4 Å². The molecule has 0 aliphatic carbocycles. The molecular formula is C20H25ClO4. The van der Waals surface area contributed by atoms with E-state index in [1.807, 2.05) is 24.3 Å². The molecule has 2 rings (SSSR count). The average molecular weight is 365 g/mol. The van der Waals surface area contributed by atoms with Gasteiger partial charge in [-0.25, -0.2) is 0 Å². The van der Waals surface area contributed by atoms with E-state index in [0.29, 0.717) is 5.88 Å². The standard InChI is InChI=1S/C20H25ClO4/c1-22-17-8-6-14(11-18(17)23-2)5-7-15-12-19(24-3)20(25-4)13-16(15)9-10-21/h6,8,11-13H,5,7,9-10H2,1-4H3. The lowest BCUT2D eigenvalue weighted by molar-refractivity contribution is 0.354. The van der Waals surface area contributed by atoms with Crippen molar-refractivity contribution in [2.45, 2.75) is 19.3 Å². The van der Waals surface area contributed by atoms with Gasteiger partial charge in [-0.1, -0.05) is 6.07 Å². The molecule has 4 nitrogen and oxygen atoms in total. The van der Waals surface area contributed by atoms with Crippen molar-refractivity contribution >= 4 is 11.6 Å². The summed E-state index contributed by atoms with van der Waals surface area (Å²) in [6, 6.07) is 10.1. The fourth-order valence-corrected chi connectivity index (χ4v) is 3.05. The molecule has 0 spiro atoms. The predicted octanol–water partition coefficient (Wildman–Crippen LogP) is 4.29. The van der Waals surface area contributed by atoms with Crippen LogP contribution in [0.1, 0.15) is 16.7 Å². The summed E-state index contributed by atoms with van der Waals surface area (Å²) in [6.07, 6.45) is 2.55. The minimum absolute atomic E-state index is 0.568. The first-order valence-corrected chi connectivity index (χ1v) is 8.70. The molecule has 2 aromatic carbocycles. The molecule has 0 bridgehead atoms. The van der Waals surface area contributed by atoms with Crippen molar-refractivity contribution in [2.75, 3.05) is 34.3 Å². The highest BCUT2D eigenvalue weighted by Gasteiger charge is 2.12. The Morgan fingerprint density at radius 3 is 1.68 bits per heavy atom. The van der Waals surface area contributed by atoms with Crippen LogP contribution < -0.4 is 18.9 Å². The molecule has 0 saturated carbocycles. The third-order valence-corrected chi connectivity index (χ3v) is 4.39. The molecule has 0 aliphatic heterocycles. The van der Waals surface area contributed by atoms with Gasteiger partial charge >= 0.3 is 0 Å². The number of aryl methyl sites for hydroxylation is 3. The van der Waals surface area contributed by atoms with Gasteiger partial charge in [0.25, 0.3) is 0 Å². The first-order valence-electron chi connectivity index (χ1n) is 8.17. The van der Waals surface area contributed by atoms with Gasteiger partial charge in [-0.2, -0.15) is 0 Å². The summed E-state index contributed by atoms with van der Waals surface area (Å²) in [4.78, 5) is 0. The summed E-state index contributed by atoms with van der Waals surface area (Å²) >= 11 is 5.96. The molecule has 0 fully saturated rings. The van der Waals surface area contributed by atoms with Crippen molar-refractivity contribution < 1.29 is 18.9 Å². The molecule has 0 amide bonds. The molecule has 0 radical (unpaired) electrons. The van der Waals surface area contributed by atoms with E-state index in [0.717, 1.165) is 42.3 Å². The fraction of sp³-hybridized carbons (Fsp3) is 0.400. The zero-order chi connectivity index (χ0) is 18.2. The van der Waals surface area contributed by atoms with Crippen LogP contribution in [0.15, 0.2) is 30.3 Å². The van der Waals surface area contributed by atoms with Crippen LogP contribution in [0, 0.1) is 0 Å². The lowest BCUT2D eigenvalue weighted by atomic mass is 9.97. The van der Waals surface area contributed by atoms with Crippen LogP contribution in [0.5, 0.6) is 23.0 Å². The zero-order valence-electron chi connectivity index (χ0n) is 15.2. The van der Waals surface area contributed by atoms with Crippen molar-refractivity contribution in [1.29, 1.82) is 0 Å². The van der Waals surface area contributed by atoms with Crippen molar-refractivity contribution in [3.8, 4) is 23.0 Å². The Morgan fingerprint density at radius 1 is 0.640 bits per heavy atom. The molecule has 5 heteroatoms. The van der Waals surface area contributed by atoms with E-state index < -0.39 is 0 Å². The molecule has 136 valence electrons. The highest BCUT2D eigenvalue weighted by molar-refractivity contribution is 6.18. The SMILES string of the molecule is COc1ccc(CCc2cc(OC)c(OC)cc2CCCl)cc1OC. The monoisotopic (exact) mass is 364 g/mol. The Balaban J connectivity index is 2.24. The molecule has 0 aliphatic rings. The van der Waals surface area contributed by atoms with Crippen molar-refractivity contribution in [3.63, 3.8) is 0 Å². The highest BCUT2D eigenvalue weighted by Crippen LogP contribution is 2.32. The summed E-state index contributed by atoms with van der Waals surface area (Å²) in [5.41, 5.74) is 3.59. The van der Waals surface area contributed by atoms with E-state index in [9.17, 15) is 0 Å². The van der Waals surface area contributed by atoms with Crippen LogP contribution in [0.2, 0.25) is 0 Å². The van der Waals surface area contributed by atoms with Crippen LogP contribution in [-0.2, 0) is 19.3 Å². The van der Waals surface area contributed by atoms with Gasteiger partial charge in [0.1, 0.15) is 0 Å². The van der Waals surface area contributed by atoms with Crippen LogP contribution >= 0.6 is 11.6 Å². The molecule has 0 heterocycles. The van der Waals surface area contributed by atoms with Gasteiger partial charge in [-0.3, -0.25) is 0 Å². The summed E-state index contributed by atoms with van der Waals surface area (Å²) in [6.45, 7) is 0. The topological polar surface area (TPSA) is 36.9 Å². The fourth-order valence-electron chi connectivity index (χ4n) is 2.85. The van der Waals surface area contributed by atoms with E-state index in [1.54, 1.807) is 28.4 Å². The normalized spacial score (nSPS) is 10.4. The minimum Gasteiger partial charge on any atom is -0.493 e. The molecule has 0 aromatic heterocycles. The second kappa shape index (κ2) is 9.42. The second-order valence-electron chi connectivity index (χ2n) is 5.60. The number of rotatable bonds is 9. The maximum atomic E-state index is 5.96. The first kappa shape index (κ1) is 19.3. The number of hydrogen-bond donors (Lipinski definition) is 0. The van der Waals surface area contributed by atoms with E-state index >= 15 is 0 Å². The second-order valence-corrected chi connectivity index (χ2v) is 5.98. The van der Waals surface area contributed by atoms with Crippen LogP contribution in [0.3, 0.4) is 0 Å². The van der Waals surface area contributed by atoms with E-state index in [1.165, 1.54) is 16.7 Å². The summed E-state index contributed by atoms with van der Waals surface area (Å²) < 4.78 is 21.5. The zero-order valence-corrected chi connectivity index (χ0v) is 16.0. The number of benzene rings is 2. The summed E-state index contributed by atoms with van der Waals surface area (Å²) in [7, 11) is 6.58. The van der Waals surface area contributed by atoms with Gasteiger partial charge < -0.3 is 18.9 Å². The Kier molecular flexibility index (Phi) is 7.26. The molecule has 0 saturated heterocycles. The van der Waals surface area contributed by atoms with Gasteiger partial charge in [-0.05, 0) is 60.2 Å². The van der Waals surface area contributed by atoms with Gasteiger partial charge in [-0.15, -0.1) is 11.6 Å². The molecular weight excluding hydrogens is 340 g/mol. The Bertz CT molecular complexity index is 700. The number of alkyl halides is 1. The van der Waals surface area contributed by atoms with Crippen molar-refractivity contribution in [1.82, 2.24) is 0 Å². The van der Waals surface area contributed by atoms with Crippen molar-refractivity contribution in [3.05, 3.63) is 47.0 Å². The van der Waals surface area contributed by atoms with E-state index in [4.69, 9.17) is 30.5 Å². The molecule has 25 heavy (non-hydrogen) atoms. The Hall–Kier alpha value is -2.07. The number of halogens is 1. The van der Waals surface area contributed by atoms with Gasteiger partial charge in [0.2, 0.25) is 0 Å². The number of hydrogen-bond acceptors (Lipinski definition) is 4. The summed E-state index contributed by atoms with van der Waals surface area (Å²) in [5.74, 6) is 3.52. The van der Waals surface area contributed by atoms with Crippen LogP contribution in [0.25, 0.3) is 0 Å². The number of methoxy groups -OCH3 is 4. The van der Waals surface area contributed by atoms with Gasteiger partial charge in [0, 0.05) is 5.88 Å². The number of ether oxygens (including phenoxy) is 4. The highest BCUT2D eigenvalue weighted by atomic mass is 35.5. The predicted molar refractivity (Wildman–Crippen MR) is 101 cm³/mol. The lowest BCUT2D eigenvalue weighted by Gasteiger charge is -2.15. The first-order chi connectivity index (χ1) is 12.2. The quantitative estimate of drug-likeness (QED) is 0.622. The molecule has 0 atom stereocenters. The minimum atomic E-state index is 0.568.